The van der Waals surface area contributed by atoms with Crippen LogP contribution >= 0.6 is 11.3 Å². The maximum absolute atomic E-state index is 12.9. The van der Waals surface area contributed by atoms with Crippen molar-refractivity contribution in [3.63, 3.8) is 0 Å². The number of hydrogen-bond acceptors (Lipinski definition) is 5. The third-order valence-corrected chi connectivity index (χ3v) is 3.88. The van der Waals surface area contributed by atoms with E-state index in [-0.39, 0.29) is 29.9 Å². The number of hydrogen-bond donors (Lipinski definition) is 2. The van der Waals surface area contributed by atoms with Crippen LogP contribution in [0.4, 0.5) is 15.2 Å². The third-order valence-electron chi connectivity index (χ3n) is 3.12. The van der Waals surface area contributed by atoms with Crippen LogP contribution in [0.15, 0.2) is 29.6 Å². The number of anilines is 2. The monoisotopic (exact) mass is 350 g/mol. The van der Waals surface area contributed by atoms with Gasteiger partial charge in [-0.05, 0) is 30.7 Å². The molecule has 0 spiro atoms. The first kappa shape index (κ1) is 17.9. The molecule has 24 heavy (non-hydrogen) atoms. The second-order valence-corrected chi connectivity index (χ2v) is 6.04. The molecule has 0 aliphatic heterocycles. The number of amides is 2. The van der Waals surface area contributed by atoms with Crippen molar-refractivity contribution in [1.82, 2.24) is 15.2 Å². The van der Waals surface area contributed by atoms with Crippen LogP contribution in [0.5, 0.6) is 0 Å². The van der Waals surface area contributed by atoms with Crippen molar-refractivity contribution < 1.29 is 14.0 Å². The second kappa shape index (κ2) is 8.39. The number of aromatic nitrogens is 1. The van der Waals surface area contributed by atoms with Crippen molar-refractivity contribution in [1.29, 1.82) is 0 Å². The Hall–Kier alpha value is -2.48. The highest BCUT2D eigenvalue weighted by molar-refractivity contribution is 7.14. The van der Waals surface area contributed by atoms with Gasteiger partial charge >= 0.3 is 0 Å². The summed E-state index contributed by atoms with van der Waals surface area (Å²) < 4.78 is 12.9. The van der Waals surface area contributed by atoms with Crippen LogP contribution < -0.4 is 10.6 Å². The van der Waals surface area contributed by atoms with Gasteiger partial charge in [0.05, 0.1) is 6.54 Å². The smallest absolute Gasteiger partial charge is 0.273 e. The zero-order valence-electron chi connectivity index (χ0n) is 13.5. The Morgan fingerprint density at radius 1 is 1.29 bits per heavy atom. The molecule has 0 unspecified atom stereocenters. The standard InChI is InChI=1S/C16H19FN4O2S/c1-3-8-18-14(22)9-21(2)15(23)13-10-24-16(20-13)19-12-6-4-11(17)5-7-12/h4-7,10H,3,8-9H2,1-2H3,(H,18,22)(H,19,20). The Balaban J connectivity index is 1.94. The number of nitrogens with one attached hydrogen (secondary N) is 2. The van der Waals surface area contributed by atoms with E-state index in [0.717, 1.165) is 6.42 Å². The zero-order valence-corrected chi connectivity index (χ0v) is 14.3. The summed E-state index contributed by atoms with van der Waals surface area (Å²) >= 11 is 1.26. The van der Waals surface area contributed by atoms with Crippen molar-refractivity contribution in [2.75, 3.05) is 25.5 Å². The molecule has 2 amide bonds. The predicted octanol–water partition coefficient (Wildman–Crippen LogP) is 2.62. The maximum atomic E-state index is 12.9. The molecule has 1 aromatic carbocycles. The molecule has 0 saturated heterocycles. The van der Waals surface area contributed by atoms with Gasteiger partial charge in [0.25, 0.3) is 5.91 Å². The molecule has 1 aromatic heterocycles. The summed E-state index contributed by atoms with van der Waals surface area (Å²) in [7, 11) is 1.56. The number of benzene rings is 1. The lowest BCUT2D eigenvalue weighted by molar-refractivity contribution is -0.121. The van der Waals surface area contributed by atoms with Gasteiger partial charge in [-0.15, -0.1) is 11.3 Å². The fourth-order valence-corrected chi connectivity index (χ4v) is 2.59. The Morgan fingerprint density at radius 2 is 2.00 bits per heavy atom. The molecule has 2 aromatic rings. The number of nitrogens with zero attached hydrogens (tertiary/aromatic N) is 2. The van der Waals surface area contributed by atoms with Crippen LogP contribution in [-0.2, 0) is 4.79 Å². The third kappa shape index (κ3) is 5.02. The average molecular weight is 350 g/mol. The highest BCUT2D eigenvalue weighted by Crippen LogP contribution is 2.21. The molecule has 0 fully saturated rings. The molecule has 0 atom stereocenters. The number of thiazole rings is 1. The first-order valence-corrected chi connectivity index (χ1v) is 8.38. The molecule has 0 aliphatic rings. The highest BCUT2D eigenvalue weighted by atomic mass is 32.1. The Morgan fingerprint density at radius 3 is 2.67 bits per heavy atom. The van der Waals surface area contributed by atoms with Gasteiger partial charge in [0.15, 0.2) is 5.13 Å². The van der Waals surface area contributed by atoms with E-state index in [1.165, 1.54) is 28.4 Å². The van der Waals surface area contributed by atoms with Gasteiger partial charge in [-0.1, -0.05) is 6.92 Å². The topological polar surface area (TPSA) is 74.3 Å². The summed E-state index contributed by atoms with van der Waals surface area (Å²) in [5, 5.41) is 7.86. The summed E-state index contributed by atoms with van der Waals surface area (Å²) in [4.78, 5) is 29.5. The minimum Gasteiger partial charge on any atom is -0.355 e. The van der Waals surface area contributed by atoms with Crippen LogP contribution in [0.25, 0.3) is 0 Å². The lowest BCUT2D eigenvalue weighted by Crippen LogP contribution is -2.38. The summed E-state index contributed by atoms with van der Waals surface area (Å²) in [5.41, 5.74) is 0.937. The molecule has 2 N–H and O–H groups in total. The molecule has 0 aliphatic carbocycles. The molecular weight excluding hydrogens is 331 g/mol. The van der Waals surface area contributed by atoms with Gasteiger partial charge in [0.2, 0.25) is 5.91 Å². The van der Waals surface area contributed by atoms with Gasteiger partial charge in [-0.2, -0.15) is 0 Å². The Kier molecular flexibility index (Phi) is 6.25. The Labute approximate surface area is 143 Å². The quantitative estimate of drug-likeness (QED) is 0.805. The van der Waals surface area contributed by atoms with Crippen LogP contribution in [0, 0.1) is 5.82 Å². The van der Waals surface area contributed by atoms with E-state index in [4.69, 9.17) is 0 Å². The van der Waals surface area contributed by atoms with Crippen LogP contribution in [0.2, 0.25) is 0 Å². The minimum absolute atomic E-state index is 0.0168. The largest absolute Gasteiger partial charge is 0.355 e. The summed E-state index contributed by atoms with van der Waals surface area (Å²) in [5.74, 6) is -0.851. The summed E-state index contributed by atoms with van der Waals surface area (Å²) in [6.07, 6.45) is 0.841. The zero-order chi connectivity index (χ0) is 17.5. The summed E-state index contributed by atoms with van der Waals surface area (Å²) in [6.45, 7) is 2.53. The van der Waals surface area contributed by atoms with E-state index < -0.39 is 0 Å². The van der Waals surface area contributed by atoms with Gasteiger partial charge in [0.1, 0.15) is 11.5 Å². The number of carbonyl (C=O) groups is 2. The van der Waals surface area contributed by atoms with E-state index in [2.05, 4.69) is 15.6 Å². The van der Waals surface area contributed by atoms with E-state index >= 15 is 0 Å². The van der Waals surface area contributed by atoms with Crippen molar-refractivity contribution in [3.8, 4) is 0 Å². The lowest BCUT2D eigenvalue weighted by atomic mass is 10.3. The predicted molar refractivity (Wildman–Crippen MR) is 92.1 cm³/mol. The molecule has 8 heteroatoms. The number of rotatable bonds is 7. The van der Waals surface area contributed by atoms with Crippen LogP contribution in [0.1, 0.15) is 23.8 Å². The van der Waals surface area contributed by atoms with Crippen molar-refractivity contribution >= 4 is 34.0 Å². The average Bonchev–Trinajstić information content (AvgIpc) is 3.02. The number of halogens is 1. The molecule has 0 radical (unpaired) electrons. The van der Waals surface area contributed by atoms with Crippen molar-refractivity contribution in [2.24, 2.45) is 0 Å². The SMILES string of the molecule is CCCNC(=O)CN(C)C(=O)c1csc(Nc2ccc(F)cc2)n1. The van der Waals surface area contributed by atoms with Crippen LogP contribution in [-0.4, -0.2) is 41.8 Å². The minimum atomic E-state index is -0.329. The van der Waals surface area contributed by atoms with E-state index in [9.17, 15) is 14.0 Å². The molecule has 2 rings (SSSR count). The number of likely N-dealkylation sites (N-methyl/N-ethyl adjacent to an activating group) is 1. The molecule has 128 valence electrons. The summed E-state index contributed by atoms with van der Waals surface area (Å²) in [6, 6.07) is 5.85. The normalized spacial score (nSPS) is 10.3. The first-order valence-electron chi connectivity index (χ1n) is 7.50. The van der Waals surface area contributed by atoms with Crippen molar-refractivity contribution in [2.45, 2.75) is 13.3 Å². The molecule has 0 saturated carbocycles. The van der Waals surface area contributed by atoms with E-state index in [0.29, 0.717) is 17.4 Å². The molecular formula is C16H19FN4O2S. The first-order chi connectivity index (χ1) is 11.5. The molecule has 6 nitrogen and oxygen atoms in total. The van der Waals surface area contributed by atoms with Gasteiger partial charge in [0, 0.05) is 24.7 Å². The van der Waals surface area contributed by atoms with E-state index in [1.807, 2.05) is 6.92 Å². The van der Waals surface area contributed by atoms with Crippen LogP contribution in [0.3, 0.4) is 0 Å². The Bertz CT molecular complexity index is 702. The lowest BCUT2D eigenvalue weighted by Gasteiger charge is -2.15. The van der Waals surface area contributed by atoms with Gasteiger partial charge in [-0.25, -0.2) is 9.37 Å². The van der Waals surface area contributed by atoms with Crippen molar-refractivity contribution in [3.05, 3.63) is 41.2 Å². The fourth-order valence-electron chi connectivity index (χ4n) is 1.89. The van der Waals surface area contributed by atoms with Gasteiger partial charge < -0.3 is 15.5 Å². The molecule has 1 heterocycles. The van der Waals surface area contributed by atoms with Gasteiger partial charge in [-0.3, -0.25) is 9.59 Å². The number of carbonyl (C=O) groups excluding carboxylic acids is 2. The maximum Gasteiger partial charge on any atom is 0.273 e. The highest BCUT2D eigenvalue weighted by Gasteiger charge is 2.17. The van der Waals surface area contributed by atoms with E-state index in [1.54, 1.807) is 24.6 Å². The second-order valence-electron chi connectivity index (χ2n) is 5.18. The molecule has 0 bridgehead atoms. The fraction of sp³-hybridized carbons (Fsp3) is 0.312.